The Hall–Kier alpha value is -2.35. The number of hydrogen-bond donors (Lipinski definition) is 1. The van der Waals surface area contributed by atoms with Gasteiger partial charge in [0.05, 0.1) is 27.8 Å². The van der Waals surface area contributed by atoms with Crippen LogP contribution in [-0.4, -0.2) is 34.0 Å². The van der Waals surface area contributed by atoms with Crippen molar-refractivity contribution in [2.24, 2.45) is 0 Å². The average molecular weight is 420 g/mol. The second-order valence-electron chi connectivity index (χ2n) is 6.08. The molecule has 1 amide bonds. The number of benzene rings is 1. The highest BCUT2D eigenvalue weighted by Gasteiger charge is 2.17. The van der Waals surface area contributed by atoms with Crippen molar-refractivity contribution in [3.05, 3.63) is 51.7 Å². The molecule has 0 saturated heterocycles. The third-order valence-electron chi connectivity index (χ3n) is 4.15. The lowest BCUT2D eigenvalue weighted by Gasteiger charge is -2.19. The molecule has 2 aromatic heterocycles. The Balaban J connectivity index is 1.46. The molecule has 1 aromatic carbocycles. The van der Waals surface area contributed by atoms with Gasteiger partial charge >= 0.3 is 0 Å². The molecule has 0 saturated carbocycles. The molecule has 1 aliphatic rings. The number of fused-ring (bicyclic) bond motifs is 1. The van der Waals surface area contributed by atoms with E-state index in [1.807, 2.05) is 40.1 Å². The topological polar surface area (TPSA) is 63.1 Å². The molecule has 3 aromatic rings. The second-order valence-corrected chi connectivity index (χ2v) is 7.75. The van der Waals surface area contributed by atoms with Crippen LogP contribution in [0.2, 0.25) is 10.0 Å². The molecule has 1 N–H and O–H groups in total. The molecule has 138 valence electrons. The molecule has 3 heterocycles. The van der Waals surface area contributed by atoms with Crippen LogP contribution >= 0.6 is 34.5 Å². The van der Waals surface area contributed by atoms with E-state index in [1.165, 1.54) is 11.3 Å². The van der Waals surface area contributed by atoms with Gasteiger partial charge in [-0.25, -0.2) is 9.97 Å². The number of carbonyl (C=O) groups excluding carboxylic acids is 1. The van der Waals surface area contributed by atoms with Gasteiger partial charge in [-0.15, -0.1) is 11.3 Å². The van der Waals surface area contributed by atoms with Crippen molar-refractivity contribution in [3.63, 3.8) is 0 Å². The third-order valence-corrected chi connectivity index (χ3v) is 5.65. The van der Waals surface area contributed by atoms with Crippen LogP contribution in [0.3, 0.4) is 0 Å². The van der Waals surface area contributed by atoms with Crippen molar-refractivity contribution >= 4 is 57.5 Å². The van der Waals surface area contributed by atoms with Crippen LogP contribution in [0.15, 0.2) is 36.0 Å². The fraction of sp³-hybridized carbons (Fsp3) is 0.167. The Bertz CT molecular complexity index is 1040. The van der Waals surface area contributed by atoms with Gasteiger partial charge in [-0.1, -0.05) is 35.3 Å². The standard InChI is InChI=1S/C18H15Cl2N5OS/c1-24-6-2-3-15-17(24)21-10-25(15)8-16(26)23-18-22-14(9-27-18)11-4-5-12(19)13(20)7-11/h2-5,7,9-10H,6,8H2,1H3,(H,22,23,26). The minimum Gasteiger partial charge on any atom is -0.354 e. The number of likely N-dealkylation sites (N-methyl/N-ethyl adjacent to an activating group) is 1. The number of thiazole rings is 1. The summed E-state index contributed by atoms with van der Waals surface area (Å²) in [7, 11) is 1.97. The van der Waals surface area contributed by atoms with Crippen LogP contribution in [0.4, 0.5) is 10.9 Å². The van der Waals surface area contributed by atoms with Crippen LogP contribution in [0.1, 0.15) is 5.69 Å². The molecule has 27 heavy (non-hydrogen) atoms. The number of carbonyl (C=O) groups is 1. The fourth-order valence-electron chi connectivity index (χ4n) is 2.81. The number of amides is 1. The zero-order valence-electron chi connectivity index (χ0n) is 14.3. The number of hydrogen-bond acceptors (Lipinski definition) is 5. The Morgan fingerprint density at radius 2 is 2.19 bits per heavy atom. The summed E-state index contributed by atoms with van der Waals surface area (Å²) in [5, 5.41) is 6.20. The molecule has 9 heteroatoms. The van der Waals surface area contributed by atoms with Crippen molar-refractivity contribution in [1.82, 2.24) is 14.5 Å². The van der Waals surface area contributed by atoms with E-state index >= 15 is 0 Å². The Morgan fingerprint density at radius 1 is 1.33 bits per heavy atom. The van der Waals surface area contributed by atoms with Gasteiger partial charge in [-0.05, 0) is 18.2 Å². The smallest absolute Gasteiger partial charge is 0.246 e. The monoisotopic (exact) mass is 419 g/mol. The summed E-state index contributed by atoms with van der Waals surface area (Å²) in [4.78, 5) is 23.3. The van der Waals surface area contributed by atoms with E-state index in [4.69, 9.17) is 23.2 Å². The maximum absolute atomic E-state index is 12.4. The van der Waals surface area contributed by atoms with E-state index in [0.717, 1.165) is 29.3 Å². The number of rotatable bonds is 4. The third kappa shape index (κ3) is 3.71. The zero-order chi connectivity index (χ0) is 19.0. The van der Waals surface area contributed by atoms with Crippen molar-refractivity contribution < 1.29 is 4.79 Å². The molecule has 4 rings (SSSR count). The maximum Gasteiger partial charge on any atom is 0.246 e. The van der Waals surface area contributed by atoms with Crippen LogP contribution in [0.5, 0.6) is 0 Å². The van der Waals surface area contributed by atoms with Gasteiger partial charge in [0.25, 0.3) is 0 Å². The molecular weight excluding hydrogens is 405 g/mol. The minimum atomic E-state index is -0.160. The van der Waals surface area contributed by atoms with E-state index in [-0.39, 0.29) is 12.5 Å². The molecular formula is C18H15Cl2N5OS. The summed E-state index contributed by atoms with van der Waals surface area (Å²) in [5.74, 6) is 0.716. The first-order valence-corrected chi connectivity index (χ1v) is 9.78. The summed E-state index contributed by atoms with van der Waals surface area (Å²) in [6.45, 7) is 0.981. The van der Waals surface area contributed by atoms with E-state index in [2.05, 4.69) is 15.3 Å². The Labute approximate surface area is 170 Å². The van der Waals surface area contributed by atoms with E-state index < -0.39 is 0 Å². The summed E-state index contributed by atoms with van der Waals surface area (Å²) in [5.41, 5.74) is 2.51. The highest BCUT2D eigenvalue weighted by molar-refractivity contribution is 7.14. The van der Waals surface area contributed by atoms with E-state index in [0.29, 0.717) is 15.2 Å². The number of anilines is 2. The minimum absolute atomic E-state index is 0.160. The van der Waals surface area contributed by atoms with Crippen LogP contribution in [0, 0.1) is 0 Å². The van der Waals surface area contributed by atoms with Gasteiger partial charge in [0.1, 0.15) is 6.54 Å². The predicted octanol–water partition coefficient (Wildman–Crippen LogP) is 4.42. The van der Waals surface area contributed by atoms with Gasteiger partial charge in [0, 0.05) is 24.5 Å². The molecule has 0 unspecified atom stereocenters. The Kier molecular flexibility index (Phi) is 4.90. The lowest BCUT2D eigenvalue weighted by atomic mass is 10.2. The predicted molar refractivity (Wildman–Crippen MR) is 111 cm³/mol. The van der Waals surface area contributed by atoms with Gasteiger partial charge in [-0.3, -0.25) is 4.79 Å². The average Bonchev–Trinajstić information content (AvgIpc) is 3.26. The SMILES string of the molecule is CN1CC=Cc2c1ncn2CC(=O)Nc1nc(-c2ccc(Cl)c(Cl)c2)cs1. The van der Waals surface area contributed by atoms with Gasteiger partial charge in [0.15, 0.2) is 10.9 Å². The quantitative estimate of drug-likeness (QED) is 0.679. The fourth-order valence-corrected chi connectivity index (χ4v) is 3.85. The number of nitrogens with one attached hydrogen (secondary N) is 1. The lowest BCUT2D eigenvalue weighted by Crippen LogP contribution is -2.23. The number of halogens is 2. The number of aromatic nitrogens is 3. The lowest BCUT2D eigenvalue weighted by molar-refractivity contribution is -0.116. The summed E-state index contributed by atoms with van der Waals surface area (Å²) < 4.78 is 1.82. The van der Waals surface area contributed by atoms with Gasteiger partial charge in [0.2, 0.25) is 5.91 Å². The molecule has 1 aliphatic heterocycles. The maximum atomic E-state index is 12.4. The second kappa shape index (κ2) is 7.34. The highest BCUT2D eigenvalue weighted by atomic mass is 35.5. The normalized spacial score (nSPS) is 12.9. The first-order chi connectivity index (χ1) is 13.0. The van der Waals surface area contributed by atoms with Crippen molar-refractivity contribution in [2.75, 3.05) is 23.8 Å². The van der Waals surface area contributed by atoms with Crippen molar-refractivity contribution in [3.8, 4) is 11.3 Å². The van der Waals surface area contributed by atoms with Crippen molar-refractivity contribution in [1.29, 1.82) is 0 Å². The first kappa shape index (κ1) is 18.0. The highest BCUT2D eigenvalue weighted by Crippen LogP contribution is 2.30. The molecule has 0 spiro atoms. The molecule has 0 bridgehead atoms. The summed E-state index contributed by atoms with van der Waals surface area (Å²) in [6, 6.07) is 5.32. The van der Waals surface area contributed by atoms with Crippen LogP contribution in [0.25, 0.3) is 17.3 Å². The largest absolute Gasteiger partial charge is 0.354 e. The Morgan fingerprint density at radius 3 is 3.00 bits per heavy atom. The van der Waals surface area contributed by atoms with Crippen LogP contribution in [-0.2, 0) is 11.3 Å². The first-order valence-electron chi connectivity index (χ1n) is 8.15. The molecule has 0 atom stereocenters. The molecule has 6 nitrogen and oxygen atoms in total. The number of imidazole rings is 1. The molecule has 0 aliphatic carbocycles. The number of nitrogens with zero attached hydrogens (tertiary/aromatic N) is 4. The summed E-state index contributed by atoms with van der Waals surface area (Å²) >= 11 is 13.4. The molecule has 0 fully saturated rings. The van der Waals surface area contributed by atoms with E-state index in [9.17, 15) is 4.79 Å². The van der Waals surface area contributed by atoms with E-state index in [1.54, 1.807) is 18.5 Å². The van der Waals surface area contributed by atoms with Gasteiger partial charge in [-0.2, -0.15) is 0 Å². The summed E-state index contributed by atoms with van der Waals surface area (Å²) in [6.07, 6.45) is 5.71. The zero-order valence-corrected chi connectivity index (χ0v) is 16.6. The van der Waals surface area contributed by atoms with Gasteiger partial charge < -0.3 is 14.8 Å². The van der Waals surface area contributed by atoms with Crippen molar-refractivity contribution in [2.45, 2.75) is 6.54 Å². The molecule has 0 radical (unpaired) electrons. The van der Waals surface area contributed by atoms with Crippen LogP contribution < -0.4 is 10.2 Å².